The van der Waals surface area contributed by atoms with E-state index in [9.17, 15) is 0 Å². The van der Waals surface area contributed by atoms with Gasteiger partial charge in [-0.1, -0.05) is 140 Å². The number of hydrogen-bond donors (Lipinski definition) is 0. The molecule has 7 aromatic carbocycles. The standard InChI is InChI=1S/C45H27N3O2/c1-3-13-28(14-4-1)43-46-44(29-15-5-2-6-16-29)48-45(47-43)35-19-8-7-17-32(35)34-21-11-22-36-41-31(20-12-24-40(41)50-42(34)36)30-25-26-39-37(27-30)33-18-9-10-23-38(33)49-39/h1-27H. The zero-order chi connectivity index (χ0) is 33.0. The molecule has 0 saturated carbocycles. The Bertz CT molecular complexity index is 2810. The molecule has 0 amide bonds. The summed E-state index contributed by atoms with van der Waals surface area (Å²) < 4.78 is 12.9. The van der Waals surface area contributed by atoms with Crippen LogP contribution in [0, 0.1) is 0 Å². The van der Waals surface area contributed by atoms with E-state index in [1.807, 2.05) is 91.0 Å². The number of hydrogen-bond acceptors (Lipinski definition) is 5. The van der Waals surface area contributed by atoms with Crippen LogP contribution in [0.1, 0.15) is 0 Å². The molecule has 0 aliphatic heterocycles. The SMILES string of the molecule is c1ccc(-c2nc(-c3ccccc3)nc(-c3ccccc3-c3cccc4c3oc3cccc(-c5ccc6oc7ccccc7c6c5)c34)n2)cc1. The molecular weight excluding hydrogens is 615 g/mol. The molecule has 0 bridgehead atoms. The third-order valence-corrected chi connectivity index (χ3v) is 9.37. The van der Waals surface area contributed by atoms with Crippen molar-refractivity contribution in [2.24, 2.45) is 0 Å². The van der Waals surface area contributed by atoms with E-state index in [1.165, 1.54) is 0 Å². The van der Waals surface area contributed by atoms with Crippen molar-refractivity contribution < 1.29 is 8.83 Å². The third-order valence-electron chi connectivity index (χ3n) is 9.37. The highest BCUT2D eigenvalue weighted by Crippen LogP contribution is 2.43. The predicted octanol–water partition coefficient (Wildman–Crippen LogP) is 12.0. The minimum Gasteiger partial charge on any atom is -0.456 e. The quantitative estimate of drug-likeness (QED) is 0.187. The zero-order valence-electron chi connectivity index (χ0n) is 26.7. The van der Waals surface area contributed by atoms with E-state index in [2.05, 4.69) is 72.8 Å². The molecule has 3 heterocycles. The summed E-state index contributed by atoms with van der Waals surface area (Å²) in [6.07, 6.45) is 0. The second-order valence-electron chi connectivity index (χ2n) is 12.4. The monoisotopic (exact) mass is 641 g/mol. The van der Waals surface area contributed by atoms with Crippen LogP contribution >= 0.6 is 0 Å². The maximum atomic E-state index is 6.75. The molecular formula is C45H27N3O2. The summed E-state index contributed by atoms with van der Waals surface area (Å²) in [6.45, 7) is 0. The molecule has 0 aliphatic rings. The van der Waals surface area contributed by atoms with Gasteiger partial charge in [0.2, 0.25) is 0 Å². The average molecular weight is 642 g/mol. The fourth-order valence-electron chi connectivity index (χ4n) is 7.04. The average Bonchev–Trinajstić information content (AvgIpc) is 3.77. The van der Waals surface area contributed by atoms with Crippen LogP contribution in [0.25, 0.3) is 100 Å². The molecule has 5 nitrogen and oxygen atoms in total. The lowest BCUT2D eigenvalue weighted by Crippen LogP contribution is -2.01. The predicted molar refractivity (Wildman–Crippen MR) is 202 cm³/mol. The highest BCUT2D eigenvalue weighted by atomic mass is 16.3. The Morgan fingerprint density at radius 3 is 1.66 bits per heavy atom. The largest absolute Gasteiger partial charge is 0.456 e. The summed E-state index contributed by atoms with van der Waals surface area (Å²) in [7, 11) is 0. The van der Waals surface area contributed by atoms with E-state index in [4.69, 9.17) is 23.8 Å². The molecule has 50 heavy (non-hydrogen) atoms. The first kappa shape index (κ1) is 28.2. The highest BCUT2D eigenvalue weighted by molar-refractivity contribution is 6.17. The van der Waals surface area contributed by atoms with Crippen molar-refractivity contribution in [2.75, 3.05) is 0 Å². The van der Waals surface area contributed by atoms with Gasteiger partial charge in [0.25, 0.3) is 0 Å². The Morgan fingerprint density at radius 1 is 0.320 bits per heavy atom. The van der Waals surface area contributed by atoms with Crippen LogP contribution in [-0.2, 0) is 0 Å². The number of rotatable bonds is 5. The van der Waals surface area contributed by atoms with Crippen LogP contribution in [0.4, 0.5) is 0 Å². The molecule has 5 heteroatoms. The van der Waals surface area contributed by atoms with Crippen molar-refractivity contribution >= 4 is 43.9 Å². The second-order valence-corrected chi connectivity index (χ2v) is 12.4. The summed E-state index contributed by atoms with van der Waals surface area (Å²) in [6, 6.07) is 55.6. The van der Waals surface area contributed by atoms with Crippen LogP contribution in [0.2, 0.25) is 0 Å². The molecule has 3 aromatic heterocycles. The van der Waals surface area contributed by atoms with E-state index in [1.54, 1.807) is 0 Å². The summed E-state index contributed by atoms with van der Waals surface area (Å²) in [5, 5.41) is 4.33. The smallest absolute Gasteiger partial charge is 0.164 e. The van der Waals surface area contributed by atoms with Crippen molar-refractivity contribution in [3.8, 4) is 56.4 Å². The van der Waals surface area contributed by atoms with Gasteiger partial charge >= 0.3 is 0 Å². The van der Waals surface area contributed by atoms with Crippen LogP contribution < -0.4 is 0 Å². The summed E-state index contributed by atoms with van der Waals surface area (Å²) in [5.41, 5.74) is 10.3. The molecule has 0 fully saturated rings. The van der Waals surface area contributed by atoms with Gasteiger partial charge in [-0.2, -0.15) is 0 Å². The van der Waals surface area contributed by atoms with Crippen molar-refractivity contribution in [1.29, 1.82) is 0 Å². The van der Waals surface area contributed by atoms with Crippen LogP contribution in [0.5, 0.6) is 0 Å². The maximum absolute atomic E-state index is 6.75. The molecule has 0 unspecified atom stereocenters. The Kier molecular flexibility index (Phi) is 6.42. The lowest BCUT2D eigenvalue weighted by molar-refractivity contribution is 0.669. The van der Waals surface area contributed by atoms with E-state index < -0.39 is 0 Å². The van der Waals surface area contributed by atoms with Crippen LogP contribution in [-0.4, -0.2) is 15.0 Å². The van der Waals surface area contributed by atoms with Gasteiger partial charge < -0.3 is 8.83 Å². The number of benzene rings is 7. The first-order valence-corrected chi connectivity index (χ1v) is 16.6. The number of fused-ring (bicyclic) bond motifs is 6. The molecule has 0 radical (unpaired) electrons. The lowest BCUT2D eigenvalue weighted by Gasteiger charge is -2.12. The summed E-state index contributed by atoms with van der Waals surface area (Å²) in [5.74, 6) is 1.85. The Labute approximate surface area is 287 Å². The Morgan fingerprint density at radius 2 is 0.880 bits per heavy atom. The normalized spacial score (nSPS) is 11.6. The van der Waals surface area contributed by atoms with E-state index >= 15 is 0 Å². The fourth-order valence-corrected chi connectivity index (χ4v) is 7.04. The molecule has 0 N–H and O–H groups in total. The van der Waals surface area contributed by atoms with Gasteiger partial charge in [-0.15, -0.1) is 0 Å². The van der Waals surface area contributed by atoms with Gasteiger partial charge in [0, 0.05) is 43.8 Å². The second kappa shape index (κ2) is 11.4. The van der Waals surface area contributed by atoms with Gasteiger partial charge in [-0.25, -0.2) is 15.0 Å². The van der Waals surface area contributed by atoms with Crippen molar-refractivity contribution in [3.05, 3.63) is 164 Å². The number of nitrogens with zero attached hydrogens (tertiary/aromatic N) is 3. The van der Waals surface area contributed by atoms with Gasteiger partial charge in [-0.3, -0.25) is 0 Å². The molecule has 0 aliphatic carbocycles. The number of aromatic nitrogens is 3. The third kappa shape index (κ3) is 4.60. The molecule has 0 atom stereocenters. The number of para-hydroxylation sites is 2. The highest BCUT2D eigenvalue weighted by Gasteiger charge is 2.20. The minimum absolute atomic E-state index is 0.600. The van der Waals surface area contributed by atoms with Crippen LogP contribution in [0.15, 0.2) is 173 Å². The summed E-state index contributed by atoms with van der Waals surface area (Å²) >= 11 is 0. The molecule has 0 spiro atoms. The molecule has 234 valence electrons. The Balaban J connectivity index is 1.17. The van der Waals surface area contributed by atoms with E-state index in [0.717, 1.165) is 82.8 Å². The van der Waals surface area contributed by atoms with Gasteiger partial charge in [-0.05, 0) is 41.0 Å². The fraction of sp³-hybridized carbons (Fsp3) is 0. The Hall–Kier alpha value is -6.85. The molecule has 10 rings (SSSR count). The van der Waals surface area contributed by atoms with Gasteiger partial charge in [0.15, 0.2) is 17.5 Å². The van der Waals surface area contributed by atoms with E-state index in [-0.39, 0.29) is 0 Å². The number of furan rings is 2. The molecule has 0 saturated heterocycles. The summed E-state index contributed by atoms with van der Waals surface area (Å²) in [4.78, 5) is 15.0. The van der Waals surface area contributed by atoms with Crippen LogP contribution in [0.3, 0.4) is 0 Å². The van der Waals surface area contributed by atoms with Crippen molar-refractivity contribution in [3.63, 3.8) is 0 Å². The first-order chi connectivity index (χ1) is 24.8. The van der Waals surface area contributed by atoms with E-state index in [0.29, 0.717) is 17.5 Å². The molecule has 10 aromatic rings. The zero-order valence-corrected chi connectivity index (χ0v) is 26.7. The topological polar surface area (TPSA) is 65.0 Å². The van der Waals surface area contributed by atoms with Crippen molar-refractivity contribution in [2.45, 2.75) is 0 Å². The minimum atomic E-state index is 0.600. The first-order valence-electron chi connectivity index (χ1n) is 16.6. The maximum Gasteiger partial charge on any atom is 0.164 e. The van der Waals surface area contributed by atoms with Crippen molar-refractivity contribution in [1.82, 2.24) is 15.0 Å². The van der Waals surface area contributed by atoms with Gasteiger partial charge in [0.1, 0.15) is 22.3 Å². The lowest BCUT2D eigenvalue weighted by atomic mass is 9.95. The van der Waals surface area contributed by atoms with Gasteiger partial charge in [0.05, 0.1) is 0 Å².